The summed E-state index contributed by atoms with van der Waals surface area (Å²) in [6.07, 6.45) is 7.20. The molecule has 0 spiro atoms. The number of aromatic nitrogens is 3. The van der Waals surface area contributed by atoms with Crippen LogP contribution in [0.15, 0.2) is 48.9 Å². The molecular weight excluding hydrogens is 456 g/mol. The minimum absolute atomic E-state index is 0.0790. The summed E-state index contributed by atoms with van der Waals surface area (Å²) in [6, 6.07) is 10.6. The maximum atomic E-state index is 13.2. The molecule has 0 atom stereocenters. The predicted molar refractivity (Wildman–Crippen MR) is 141 cm³/mol. The Morgan fingerprint density at radius 1 is 1.14 bits per heavy atom. The zero-order valence-electron chi connectivity index (χ0n) is 20.5. The van der Waals surface area contributed by atoms with Crippen molar-refractivity contribution in [3.05, 3.63) is 54.6 Å². The second-order valence-corrected chi connectivity index (χ2v) is 9.07. The number of nitrogens with zero attached hydrogens (tertiary/aromatic N) is 5. The van der Waals surface area contributed by atoms with Gasteiger partial charge in [0.1, 0.15) is 0 Å². The number of pyridine rings is 1. The first-order valence-electron chi connectivity index (χ1n) is 12.3. The third kappa shape index (κ3) is 5.24. The maximum Gasteiger partial charge on any atom is 0.278 e. The molecule has 4 N–H and O–H groups in total. The van der Waals surface area contributed by atoms with E-state index in [0.717, 1.165) is 56.0 Å². The standard InChI is InChI=1S/C26H32N8O2/c1-33(20-6-9-28-10-7-20)19-4-2-18(3-5-19)21-17-30-25(27)24(31-21)26(35)32-22-16-29-11-8-23(22)34-12-14-36-15-13-34/h2-5,8,11,16-17,20,28H,6-7,9-10,12-15H2,1H3,(H2,27,30)(H,32,35). The van der Waals surface area contributed by atoms with Crippen LogP contribution < -0.4 is 26.2 Å². The molecule has 2 saturated heterocycles. The van der Waals surface area contributed by atoms with Crippen molar-refractivity contribution in [1.29, 1.82) is 0 Å². The van der Waals surface area contributed by atoms with Gasteiger partial charge in [-0.1, -0.05) is 12.1 Å². The molecule has 2 aliphatic rings. The Bertz CT molecular complexity index is 1190. The highest BCUT2D eigenvalue weighted by atomic mass is 16.5. The van der Waals surface area contributed by atoms with Crippen molar-refractivity contribution in [3.63, 3.8) is 0 Å². The molecule has 0 aliphatic carbocycles. The number of rotatable bonds is 6. The van der Waals surface area contributed by atoms with Gasteiger partial charge in [0.2, 0.25) is 0 Å². The van der Waals surface area contributed by atoms with E-state index in [1.165, 1.54) is 0 Å². The smallest absolute Gasteiger partial charge is 0.278 e. The highest BCUT2D eigenvalue weighted by Crippen LogP contribution is 2.28. The van der Waals surface area contributed by atoms with Crippen molar-refractivity contribution in [3.8, 4) is 11.3 Å². The van der Waals surface area contributed by atoms with Crippen LogP contribution in [0.25, 0.3) is 11.3 Å². The number of benzene rings is 1. The first kappa shape index (κ1) is 24.0. The Labute approximate surface area is 210 Å². The van der Waals surface area contributed by atoms with Gasteiger partial charge >= 0.3 is 0 Å². The Hall–Kier alpha value is -3.76. The van der Waals surface area contributed by atoms with E-state index >= 15 is 0 Å². The molecule has 0 saturated carbocycles. The third-order valence-electron chi connectivity index (χ3n) is 6.84. The normalized spacial score (nSPS) is 16.5. The van der Waals surface area contributed by atoms with Crippen LogP contribution in [0.5, 0.6) is 0 Å². The molecule has 0 radical (unpaired) electrons. The number of carbonyl (C=O) groups is 1. The molecule has 2 aliphatic heterocycles. The second-order valence-electron chi connectivity index (χ2n) is 9.07. The van der Waals surface area contributed by atoms with E-state index in [0.29, 0.717) is 30.6 Å². The SMILES string of the molecule is CN(c1ccc(-c2cnc(N)c(C(=O)Nc3cnccc3N3CCOCC3)n2)cc1)C1CCNCC1. The first-order valence-corrected chi connectivity index (χ1v) is 12.3. The summed E-state index contributed by atoms with van der Waals surface area (Å²) >= 11 is 0. The number of nitrogens with two attached hydrogens (primary N) is 1. The molecule has 1 amide bonds. The van der Waals surface area contributed by atoms with Gasteiger partial charge in [-0.05, 0) is 44.1 Å². The highest BCUT2D eigenvalue weighted by Gasteiger charge is 2.21. The summed E-state index contributed by atoms with van der Waals surface area (Å²) in [5.74, 6) is -0.345. The lowest BCUT2D eigenvalue weighted by molar-refractivity contribution is 0.102. The van der Waals surface area contributed by atoms with Crippen LogP contribution in [-0.2, 0) is 4.74 Å². The number of hydrogen-bond donors (Lipinski definition) is 3. The number of hydrogen-bond acceptors (Lipinski definition) is 9. The number of morpholine rings is 1. The minimum Gasteiger partial charge on any atom is -0.382 e. The predicted octanol–water partition coefficient (Wildman–Crippen LogP) is 2.40. The number of piperidine rings is 1. The van der Waals surface area contributed by atoms with Gasteiger partial charge in [-0.25, -0.2) is 9.97 Å². The highest BCUT2D eigenvalue weighted by molar-refractivity contribution is 6.07. The minimum atomic E-state index is -0.424. The molecule has 10 nitrogen and oxygen atoms in total. The van der Waals surface area contributed by atoms with Crippen molar-refractivity contribution in [1.82, 2.24) is 20.3 Å². The summed E-state index contributed by atoms with van der Waals surface area (Å²) < 4.78 is 5.45. The molecule has 3 aromatic rings. The fraction of sp³-hybridized carbons (Fsp3) is 0.385. The lowest BCUT2D eigenvalue weighted by atomic mass is 10.0. The van der Waals surface area contributed by atoms with Crippen molar-refractivity contribution in [2.45, 2.75) is 18.9 Å². The van der Waals surface area contributed by atoms with Crippen LogP contribution in [0.3, 0.4) is 0 Å². The number of anilines is 4. The van der Waals surface area contributed by atoms with E-state index in [9.17, 15) is 4.79 Å². The number of nitrogens with one attached hydrogen (secondary N) is 2. The second kappa shape index (κ2) is 10.9. The molecule has 1 aromatic carbocycles. The van der Waals surface area contributed by atoms with Crippen molar-refractivity contribution in [2.24, 2.45) is 0 Å². The fourth-order valence-electron chi connectivity index (χ4n) is 4.72. The van der Waals surface area contributed by atoms with Gasteiger partial charge in [0.05, 0.1) is 42.7 Å². The lowest BCUT2D eigenvalue weighted by Gasteiger charge is -2.33. The Morgan fingerprint density at radius 3 is 2.64 bits per heavy atom. The molecule has 0 bridgehead atoms. The maximum absolute atomic E-state index is 13.2. The summed E-state index contributed by atoms with van der Waals surface area (Å²) in [6.45, 7) is 4.86. The summed E-state index contributed by atoms with van der Waals surface area (Å²) in [4.78, 5) is 30.7. The average Bonchev–Trinajstić information content (AvgIpc) is 2.94. The topological polar surface area (TPSA) is 122 Å². The van der Waals surface area contributed by atoms with Gasteiger partial charge in [0.15, 0.2) is 11.5 Å². The Kier molecular flexibility index (Phi) is 7.24. The Morgan fingerprint density at radius 2 is 1.89 bits per heavy atom. The molecular formula is C26H32N8O2. The van der Waals surface area contributed by atoms with Crippen molar-refractivity contribution in [2.75, 3.05) is 67.3 Å². The Balaban J connectivity index is 1.33. The molecule has 0 unspecified atom stereocenters. The van der Waals surface area contributed by atoms with E-state index < -0.39 is 5.91 Å². The molecule has 10 heteroatoms. The number of nitrogen functional groups attached to an aromatic ring is 1. The van der Waals surface area contributed by atoms with E-state index in [-0.39, 0.29) is 11.5 Å². The van der Waals surface area contributed by atoms with Crippen LogP contribution >= 0.6 is 0 Å². The summed E-state index contributed by atoms with van der Waals surface area (Å²) in [5.41, 5.74) is 10.2. The number of carbonyl (C=O) groups excluding carboxylic acids is 1. The van der Waals surface area contributed by atoms with Crippen LogP contribution in [0.2, 0.25) is 0 Å². The quantitative estimate of drug-likeness (QED) is 0.480. The van der Waals surface area contributed by atoms with Gasteiger partial charge in [-0.3, -0.25) is 9.78 Å². The van der Waals surface area contributed by atoms with E-state index in [2.05, 4.69) is 54.6 Å². The number of ether oxygens (including phenoxy) is 1. The summed E-state index contributed by atoms with van der Waals surface area (Å²) in [7, 11) is 2.14. The van der Waals surface area contributed by atoms with Gasteiger partial charge in [-0.15, -0.1) is 0 Å². The fourth-order valence-corrected chi connectivity index (χ4v) is 4.72. The first-order chi connectivity index (χ1) is 17.6. The molecule has 5 rings (SSSR count). The van der Waals surface area contributed by atoms with Crippen molar-refractivity contribution < 1.29 is 9.53 Å². The van der Waals surface area contributed by atoms with E-state index in [1.807, 2.05) is 18.2 Å². The molecule has 2 fully saturated rings. The van der Waals surface area contributed by atoms with Crippen LogP contribution in [0.1, 0.15) is 23.3 Å². The van der Waals surface area contributed by atoms with E-state index in [1.54, 1.807) is 18.6 Å². The third-order valence-corrected chi connectivity index (χ3v) is 6.84. The molecule has 4 heterocycles. The van der Waals surface area contributed by atoms with E-state index in [4.69, 9.17) is 10.5 Å². The number of amides is 1. The van der Waals surface area contributed by atoms with Crippen molar-refractivity contribution >= 4 is 28.8 Å². The average molecular weight is 489 g/mol. The van der Waals surface area contributed by atoms with Crippen LogP contribution in [-0.4, -0.2) is 73.3 Å². The molecule has 2 aromatic heterocycles. The summed E-state index contributed by atoms with van der Waals surface area (Å²) in [5, 5.41) is 6.34. The van der Waals surface area contributed by atoms with Gasteiger partial charge in [0.25, 0.3) is 5.91 Å². The zero-order valence-corrected chi connectivity index (χ0v) is 20.5. The zero-order chi connectivity index (χ0) is 24.9. The van der Waals surface area contributed by atoms with Gasteiger partial charge < -0.3 is 30.9 Å². The van der Waals surface area contributed by atoms with Crippen LogP contribution in [0, 0.1) is 0 Å². The van der Waals surface area contributed by atoms with Gasteiger partial charge in [0, 0.05) is 43.6 Å². The largest absolute Gasteiger partial charge is 0.382 e. The lowest BCUT2D eigenvalue weighted by Crippen LogP contribution is -2.41. The van der Waals surface area contributed by atoms with Crippen LogP contribution in [0.4, 0.5) is 22.9 Å². The molecule has 188 valence electrons. The monoisotopic (exact) mass is 488 g/mol. The molecule has 36 heavy (non-hydrogen) atoms. The van der Waals surface area contributed by atoms with Gasteiger partial charge in [-0.2, -0.15) is 0 Å².